The number of likely N-dealkylation sites (tertiary alicyclic amines) is 1. The molecule has 3 nitrogen and oxygen atoms in total. The smallest absolute Gasteiger partial charge is 0.0494 e. The van der Waals surface area contributed by atoms with E-state index in [0.29, 0.717) is 0 Å². The third kappa shape index (κ3) is 6.62. The van der Waals surface area contributed by atoms with E-state index in [1.54, 1.807) is 0 Å². The molecule has 23 heavy (non-hydrogen) atoms. The van der Waals surface area contributed by atoms with Gasteiger partial charge in [0.05, 0.1) is 0 Å². The van der Waals surface area contributed by atoms with Crippen molar-refractivity contribution < 1.29 is 5.11 Å². The Morgan fingerprint density at radius 1 is 1.26 bits per heavy atom. The summed E-state index contributed by atoms with van der Waals surface area (Å²) in [6, 6.07) is 10.7. The van der Waals surface area contributed by atoms with Crippen molar-refractivity contribution in [2.24, 2.45) is 11.3 Å². The zero-order valence-corrected chi connectivity index (χ0v) is 15.2. The lowest BCUT2D eigenvalue weighted by molar-refractivity contribution is 0.0815. The molecule has 2 rings (SSSR count). The molecule has 1 fully saturated rings. The molecule has 1 aliphatic rings. The van der Waals surface area contributed by atoms with E-state index in [1.807, 2.05) is 0 Å². The Labute approximate surface area is 142 Å². The molecule has 1 saturated heterocycles. The van der Waals surface area contributed by atoms with Crippen LogP contribution in [0, 0.1) is 11.3 Å². The van der Waals surface area contributed by atoms with Crippen molar-refractivity contribution in [3.63, 3.8) is 0 Å². The molecule has 1 aromatic rings. The molecule has 0 unspecified atom stereocenters. The molecule has 3 heteroatoms. The Hall–Kier alpha value is -0.900. The van der Waals surface area contributed by atoms with Crippen molar-refractivity contribution in [2.45, 2.75) is 33.1 Å². The highest BCUT2D eigenvalue weighted by atomic mass is 16.3. The predicted molar refractivity (Wildman–Crippen MR) is 97.7 cm³/mol. The Bertz CT molecular complexity index is 446. The molecule has 1 aliphatic heterocycles. The number of aliphatic hydroxyl groups excluding tert-OH is 1. The molecule has 1 atom stereocenters. The molecule has 0 saturated carbocycles. The monoisotopic (exact) mass is 318 g/mol. The molecule has 1 aromatic carbocycles. The number of benzene rings is 1. The van der Waals surface area contributed by atoms with Crippen molar-refractivity contribution in [3.05, 3.63) is 35.9 Å². The molecular weight excluding hydrogens is 284 g/mol. The summed E-state index contributed by atoms with van der Waals surface area (Å²) >= 11 is 0. The van der Waals surface area contributed by atoms with Gasteiger partial charge in [0.25, 0.3) is 0 Å². The second kappa shape index (κ2) is 8.81. The summed E-state index contributed by atoms with van der Waals surface area (Å²) in [7, 11) is 2.23. The van der Waals surface area contributed by atoms with Gasteiger partial charge in [-0.3, -0.25) is 0 Å². The fourth-order valence-corrected chi connectivity index (χ4v) is 3.61. The van der Waals surface area contributed by atoms with Gasteiger partial charge < -0.3 is 14.9 Å². The zero-order valence-electron chi connectivity index (χ0n) is 15.2. The summed E-state index contributed by atoms with van der Waals surface area (Å²) in [5, 5.41) is 9.64. The molecule has 0 aliphatic carbocycles. The van der Waals surface area contributed by atoms with Gasteiger partial charge in [-0.2, -0.15) is 0 Å². The molecule has 130 valence electrons. The van der Waals surface area contributed by atoms with Crippen LogP contribution in [-0.4, -0.2) is 61.3 Å². The molecular formula is C20H34N2O. The van der Waals surface area contributed by atoms with E-state index in [-0.39, 0.29) is 12.0 Å². The first-order valence-electron chi connectivity index (χ1n) is 9.04. The minimum absolute atomic E-state index is 0.0305. The maximum absolute atomic E-state index is 9.64. The first-order valence-corrected chi connectivity index (χ1v) is 9.04. The molecule has 0 radical (unpaired) electrons. The highest BCUT2D eigenvalue weighted by Crippen LogP contribution is 2.21. The number of hydrogen-bond donors (Lipinski definition) is 1. The van der Waals surface area contributed by atoms with Crippen LogP contribution in [0.4, 0.5) is 0 Å². The number of hydrogen-bond acceptors (Lipinski definition) is 3. The Morgan fingerprint density at radius 2 is 2.00 bits per heavy atom. The summed E-state index contributed by atoms with van der Waals surface area (Å²) in [6.07, 6.45) is 3.74. The van der Waals surface area contributed by atoms with Crippen molar-refractivity contribution in [3.8, 4) is 0 Å². The second-order valence-electron chi connectivity index (χ2n) is 8.06. The van der Waals surface area contributed by atoms with Gasteiger partial charge in [-0.05, 0) is 44.3 Å². The maximum atomic E-state index is 9.64. The highest BCUT2D eigenvalue weighted by molar-refractivity contribution is 5.14. The van der Waals surface area contributed by atoms with E-state index < -0.39 is 0 Å². The lowest BCUT2D eigenvalue weighted by Crippen LogP contribution is -2.44. The molecule has 0 bridgehead atoms. The summed E-state index contributed by atoms with van der Waals surface area (Å²) in [5.74, 6) is 0.763. The first kappa shape index (κ1) is 18.4. The SMILES string of the molecule is CN1CCC[C@H](CN(CCc2ccccc2)CC(C)(C)CO)C1. The minimum atomic E-state index is -0.0305. The Balaban J connectivity index is 1.93. The number of aliphatic hydroxyl groups is 1. The van der Waals surface area contributed by atoms with Gasteiger partial charge in [0, 0.05) is 38.2 Å². The van der Waals surface area contributed by atoms with Crippen LogP contribution in [-0.2, 0) is 6.42 Å². The molecule has 0 amide bonds. The van der Waals surface area contributed by atoms with Gasteiger partial charge in [0.15, 0.2) is 0 Å². The molecule has 0 spiro atoms. The van der Waals surface area contributed by atoms with E-state index in [1.165, 1.54) is 31.5 Å². The van der Waals surface area contributed by atoms with E-state index in [4.69, 9.17) is 0 Å². The van der Waals surface area contributed by atoms with Crippen molar-refractivity contribution in [1.82, 2.24) is 9.80 Å². The largest absolute Gasteiger partial charge is 0.396 e. The third-order valence-corrected chi connectivity index (χ3v) is 4.88. The van der Waals surface area contributed by atoms with E-state index in [0.717, 1.165) is 32.0 Å². The maximum Gasteiger partial charge on any atom is 0.0494 e. The fraction of sp³-hybridized carbons (Fsp3) is 0.700. The summed E-state index contributed by atoms with van der Waals surface area (Å²) in [6.45, 7) is 10.2. The van der Waals surface area contributed by atoms with Crippen LogP contribution in [0.2, 0.25) is 0 Å². The van der Waals surface area contributed by atoms with Crippen LogP contribution < -0.4 is 0 Å². The van der Waals surface area contributed by atoms with Gasteiger partial charge in [-0.1, -0.05) is 44.2 Å². The second-order valence-corrected chi connectivity index (χ2v) is 8.06. The highest BCUT2D eigenvalue weighted by Gasteiger charge is 2.25. The fourth-order valence-electron chi connectivity index (χ4n) is 3.61. The molecule has 1 N–H and O–H groups in total. The average Bonchev–Trinajstić information content (AvgIpc) is 2.53. The first-order chi connectivity index (χ1) is 11.0. The van der Waals surface area contributed by atoms with Gasteiger partial charge in [-0.25, -0.2) is 0 Å². The summed E-state index contributed by atoms with van der Waals surface area (Å²) in [5.41, 5.74) is 1.37. The predicted octanol–water partition coefficient (Wildman–Crippen LogP) is 2.89. The lowest BCUT2D eigenvalue weighted by atomic mass is 9.92. The van der Waals surface area contributed by atoms with Crippen LogP contribution in [0.5, 0.6) is 0 Å². The van der Waals surface area contributed by atoms with E-state index in [9.17, 15) is 5.11 Å². The van der Waals surface area contributed by atoms with Crippen molar-refractivity contribution in [2.75, 3.05) is 46.4 Å². The topological polar surface area (TPSA) is 26.7 Å². The van der Waals surface area contributed by atoms with Gasteiger partial charge in [0.1, 0.15) is 0 Å². The Kier molecular flexibility index (Phi) is 7.07. The van der Waals surface area contributed by atoms with Crippen molar-refractivity contribution >= 4 is 0 Å². The van der Waals surface area contributed by atoms with E-state index in [2.05, 4.69) is 61.0 Å². The third-order valence-electron chi connectivity index (χ3n) is 4.88. The number of rotatable bonds is 8. The van der Waals surface area contributed by atoms with Crippen LogP contribution in [0.25, 0.3) is 0 Å². The van der Waals surface area contributed by atoms with E-state index >= 15 is 0 Å². The normalized spacial score (nSPS) is 20.1. The van der Waals surface area contributed by atoms with Gasteiger partial charge in [0.2, 0.25) is 0 Å². The minimum Gasteiger partial charge on any atom is -0.396 e. The van der Waals surface area contributed by atoms with Crippen LogP contribution in [0.1, 0.15) is 32.3 Å². The number of nitrogens with zero attached hydrogens (tertiary/aromatic N) is 2. The average molecular weight is 319 g/mol. The van der Waals surface area contributed by atoms with Gasteiger partial charge >= 0.3 is 0 Å². The molecule has 0 aromatic heterocycles. The quantitative estimate of drug-likeness (QED) is 0.798. The number of piperidine rings is 1. The summed E-state index contributed by atoms with van der Waals surface area (Å²) in [4.78, 5) is 5.04. The Morgan fingerprint density at radius 3 is 2.65 bits per heavy atom. The molecule has 1 heterocycles. The zero-order chi connectivity index (χ0) is 16.7. The standard InChI is InChI=1S/C20H34N2O/c1-20(2,17-23)16-22(13-11-18-8-5-4-6-9-18)15-19-10-7-12-21(3)14-19/h4-6,8-9,19,23H,7,10-17H2,1-3H3/t19-/m0/s1. The summed E-state index contributed by atoms with van der Waals surface area (Å²) < 4.78 is 0. The van der Waals surface area contributed by atoms with Gasteiger partial charge in [-0.15, -0.1) is 0 Å². The van der Waals surface area contributed by atoms with Crippen LogP contribution in [0.3, 0.4) is 0 Å². The van der Waals surface area contributed by atoms with Crippen molar-refractivity contribution in [1.29, 1.82) is 0 Å². The lowest BCUT2D eigenvalue weighted by Gasteiger charge is -2.37. The van der Waals surface area contributed by atoms with Crippen LogP contribution in [0.15, 0.2) is 30.3 Å². The van der Waals surface area contributed by atoms with Crippen LogP contribution >= 0.6 is 0 Å².